The summed E-state index contributed by atoms with van der Waals surface area (Å²) in [6.45, 7) is 4.43. The third-order valence-corrected chi connectivity index (χ3v) is 4.53. The Morgan fingerprint density at radius 1 is 1.33 bits per heavy atom. The highest BCUT2D eigenvalue weighted by atomic mass is 16.2. The zero-order chi connectivity index (χ0) is 14.5. The molecule has 1 amide bonds. The number of piperazine rings is 1. The number of nitrogens with one attached hydrogen (secondary N) is 2. The first-order chi connectivity index (χ1) is 10.3. The third-order valence-electron chi connectivity index (χ3n) is 4.53. The summed E-state index contributed by atoms with van der Waals surface area (Å²) in [5, 5.41) is 6.64. The van der Waals surface area contributed by atoms with Crippen molar-refractivity contribution in [2.24, 2.45) is 0 Å². The summed E-state index contributed by atoms with van der Waals surface area (Å²) in [7, 11) is 0. The van der Waals surface area contributed by atoms with Crippen molar-refractivity contribution in [1.82, 2.24) is 25.1 Å². The topological polar surface area (TPSA) is 62.2 Å². The van der Waals surface area contributed by atoms with Gasteiger partial charge in [-0.1, -0.05) is 0 Å². The second-order valence-electron chi connectivity index (χ2n) is 5.98. The van der Waals surface area contributed by atoms with Crippen molar-refractivity contribution in [3.05, 3.63) is 18.7 Å². The van der Waals surface area contributed by atoms with Crippen LogP contribution in [0.5, 0.6) is 0 Å². The molecule has 1 aromatic rings. The zero-order valence-electron chi connectivity index (χ0n) is 12.5. The molecule has 2 aliphatic rings. The van der Waals surface area contributed by atoms with Crippen LogP contribution < -0.4 is 10.6 Å². The predicted octanol–water partition coefficient (Wildman–Crippen LogP) is 0.216. The van der Waals surface area contributed by atoms with Crippen molar-refractivity contribution < 1.29 is 4.79 Å². The van der Waals surface area contributed by atoms with Crippen LogP contribution in [0.25, 0.3) is 0 Å². The van der Waals surface area contributed by atoms with Gasteiger partial charge in [0.15, 0.2) is 0 Å². The van der Waals surface area contributed by atoms with Crippen molar-refractivity contribution in [1.29, 1.82) is 0 Å². The van der Waals surface area contributed by atoms with Gasteiger partial charge in [-0.15, -0.1) is 0 Å². The van der Waals surface area contributed by atoms with Gasteiger partial charge in [-0.2, -0.15) is 0 Å². The molecule has 0 bridgehead atoms. The molecule has 6 heteroatoms. The van der Waals surface area contributed by atoms with Crippen molar-refractivity contribution in [3.63, 3.8) is 0 Å². The number of rotatable bonds is 4. The largest absolute Gasteiger partial charge is 0.338 e. The molecule has 0 aromatic carbocycles. The van der Waals surface area contributed by atoms with E-state index < -0.39 is 0 Å². The van der Waals surface area contributed by atoms with E-state index in [-0.39, 0.29) is 11.9 Å². The molecule has 2 atom stereocenters. The number of hydrogen-bond donors (Lipinski definition) is 2. The van der Waals surface area contributed by atoms with Crippen LogP contribution in [0.4, 0.5) is 0 Å². The summed E-state index contributed by atoms with van der Waals surface area (Å²) in [5.74, 6) is 0.275. The molecule has 2 N–H and O–H groups in total. The monoisotopic (exact) mass is 291 g/mol. The number of aromatic nitrogens is 2. The van der Waals surface area contributed by atoms with Gasteiger partial charge in [-0.25, -0.2) is 4.98 Å². The van der Waals surface area contributed by atoms with Crippen molar-refractivity contribution in [3.8, 4) is 0 Å². The maximum atomic E-state index is 12.7. The van der Waals surface area contributed by atoms with E-state index in [1.54, 1.807) is 6.20 Å². The number of amides is 1. The fourth-order valence-corrected chi connectivity index (χ4v) is 3.34. The first kappa shape index (κ1) is 14.5. The minimum absolute atomic E-state index is 0.0485. The Morgan fingerprint density at radius 3 is 3.05 bits per heavy atom. The average molecular weight is 291 g/mol. The lowest BCUT2D eigenvalue weighted by Crippen LogP contribution is -2.59. The summed E-state index contributed by atoms with van der Waals surface area (Å²) in [4.78, 5) is 18.9. The molecule has 0 radical (unpaired) electrons. The van der Waals surface area contributed by atoms with Crippen LogP contribution in [-0.4, -0.2) is 58.6 Å². The third kappa shape index (κ3) is 3.63. The summed E-state index contributed by atoms with van der Waals surface area (Å²) < 4.78 is 2.09. The van der Waals surface area contributed by atoms with Crippen LogP contribution in [0.1, 0.15) is 25.7 Å². The fourth-order valence-electron chi connectivity index (χ4n) is 3.34. The molecule has 21 heavy (non-hydrogen) atoms. The van der Waals surface area contributed by atoms with Crippen LogP contribution in [0.3, 0.4) is 0 Å². The van der Waals surface area contributed by atoms with E-state index >= 15 is 0 Å². The summed E-state index contributed by atoms with van der Waals surface area (Å²) in [6, 6.07) is 0.324. The van der Waals surface area contributed by atoms with Crippen LogP contribution in [0, 0.1) is 0 Å². The molecular formula is C15H25N5O. The summed E-state index contributed by atoms with van der Waals surface area (Å²) in [6.07, 6.45) is 10.1. The van der Waals surface area contributed by atoms with Gasteiger partial charge in [0, 0.05) is 51.2 Å². The van der Waals surface area contributed by atoms with E-state index in [9.17, 15) is 4.79 Å². The maximum absolute atomic E-state index is 12.7. The van der Waals surface area contributed by atoms with Gasteiger partial charge in [0.25, 0.3) is 0 Å². The van der Waals surface area contributed by atoms with Crippen LogP contribution in [0.2, 0.25) is 0 Å². The average Bonchev–Trinajstić information content (AvgIpc) is 3.07. The molecule has 1 unspecified atom stereocenters. The molecule has 6 nitrogen and oxygen atoms in total. The molecule has 3 rings (SSSR count). The molecule has 0 spiro atoms. The fraction of sp³-hybridized carbons (Fsp3) is 0.733. The molecule has 116 valence electrons. The van der Waals surface area contributed by atoms with Gasteiger partial charge in [0.2, 0.25) is 5.91 Å². The quantitative estimate of drug-likeness (QED) is 0.833. The number of piperidine rings is 1. The van der Waals surface area contributed by atoms with Crippen LogP contribution in [0.15, 0.2) is 18.7 Å². The Kier molecular flexibility index (Phi) is 4.87. The Morgan fingerprint density at radius 2 is 2.29 bits per heavy atom. The van der Waals surface area contributed by atoms with Crippen molar-refractivity contribution in [2.45, 2.75) is 44.3 Å². The molecule has 2 saturated heterocycles. The Labute approximate surface area is 125 Å². The predicted molar refractivity (Wildman–Crippen MR) is 80.9 cm³/mol. The van der Waals surface area contributed by atoms with E-state index in [0.29, 0.717) is 6.04 Å². The van der Waals surface area contributed by atoms with Gasteiger partial charge < -0.3 is 20.1 Å². The number of carbonyl (C=O) groups excluding carboxylic acids is 1. The Bertz CT molecular complexity index is 441. The second kappa shape index (κ2) is 7.04. The number of hydrogen-bond acceptors (Lipinski definition) is 4. The highest BCUT2D eigenvalue weighted by molar-refractivity contribution is 5.82. The molecule has 2 aliphatic heterocycles. The minimum atomic E-state index is -0.0485. The number of likely N-dealkylation sites (tertiary alicyclic amines) is 1. The molecule has 0 saturated carbocycles. The van der Waals surface area contributed by atoms with E-state index in [0.717, 1.165) is 52.0 Å². The number of carbonyl (C=O) groups is 1. The number of aryl methyl sites for hydroxylation is 1. The van der Waals surface area contributed by atoms with Crippen LogP contribution in [-0.2, 0) is 11.3 Å². The second-order valence-corrected chi connectivity index (χ2v) is 5.98. The highest BCUT2D eigenvalue weighted by Crippen LogP contribution is 2.21. The normalized spacial score (nSPS) is 26.8. The summed E-state index contributed by atoms with van der Waals surface area (Å²) in [5.41, 5.74) is 0. The Balaban J connectivity index is 1.59. The zero-order valence-corrected chi connectivity index (χ0v) is 12.5. The number of imidazole rings is 1. The molecular weight excluding hydrogens is 266 g/mol. The standard InChI is InChI=1S/C15H25N5O/c21-15(14-11-16-5-6-18-14)20-8-2-1-3-13(20)4-9-19-10-7-17-12-19/h7,10,12-14,16,18H,1-6,8-9,11H2/t13?,14-/m1/s1. The highest BCUT2D eigenvalue weighted by Gasteiger charge is 2.31. The van der Waals surface area contributed by atoms with Crippen molar-refractivity contribution in [2.75, 3.05) is 26.2 Å². The SMILES string of the molecule is O=C([C@H]1CNCCN1)N1CCCCC1CCn1ccnc1. The minimum Gasteiger partial charge on any atom is -0.338 e. The van der Waals surface area contributed by atoms with E-state index in [2.05, 4.69) is 25.1 Å². The van der Waals surface area contributed by atoms with Crippen molar-refractivity contribution >= 4 is 5.91 Å². The van der Waals surface area contributed by atoms with Crippen LogP contribution >= 0.6 is 0 Å². The number of nitrogens with zero attached hydrogens (tertiary/aromatic N) is 3. The van der Waals surface area contributed by atoms with Gasteiger partial charge in [0.1, 0.15) is 0 Å². The molecule has 1 aromatic heterocycles. The lowest BCUT2D eigenvalue weighted by molar-refractivity contribution is -0.137. The molecule has 0 aliphatic carbocycles. The Hall–Kier alpha value is -1.40. The lowest BCUT2D eigenvalue weighted by Gasteiger charge is -2.39. The van der Waals surface area contributed by atoms with E-state index in [1.165, 1.54) is 6.42 Å². The van der Waals surface area contributed by atoms with E-state index in [1.807, 2.05) is 12.5 Å². The van der Waals surface area contributed by atoms with E-state index in [4.69, 9.17) is 0 Å². The molecule has 2 fully saturated rings. The van der Waals surface area contributed by atoms with Gasteiger partial charge in [0.05, 0.1) is 12.4 Å². The first-order valence-electron chi connectivity index (χ1n) is 8.05. The lowest BCUT2D eigenvalue weighted by atomic mass is 9.98. The smallest absolute Gasteiger partial charge is 0.241 e. The molecule has 3 heterocycles. The first-order valence-corrected chi connectivity index (χ1v) is 8.05. The summed E-state index contributed by atoms with van der Waals surface area (Å²) >= 11 is 0. The van der Waals surface area contributed by atoms with Gasteiger partial charge in [-0.05, 0) is 25.7 Å². The van der Waals surface area contributed by atoms with Gasteiger partial charge >= 0.3 is 0 Å². The maximum Gasteiger partial charge on any atom is 0.241 e. The van der Waals surface area contributed by atoms with Gasteiger partial charge in [-0.3, -0.25) is 4.79 Å².